The van der Waals surface area contributed by atoms with Gasteiger partial charge in [-0.1, -0.05) is 24.6 Å². The molecule has 1 fully saturated rings. The molecule has 13 heteroatoms. The van der Waals surface area contributed by atoms with E-state index in [0.717, 1.165) is 12.1 Å². The van der Waals surface area contributed by atoms with Gasteiger partial charge < -0.3 is 30.1 Å². The predicted molar refractivity (Wildman–Crippen MR) is 162 cm³/mol. The number of nitrogens with one attached hydrogen (secondary N) is 2. The van der Waals surface area contributed by atoms with E-state index >= 15 is 0 Å². The topological polar surface area (TPSA) is 90.0 Å². The summed E-state index contributed by atoms with van der Waals surface area (Å²) in [6.07, 6.45) is 2.84. The lowest BCUT2D eigenvalue weighted by Gasteiger charge is -2.46. The number of dihydropyridines is 1. The van der Waals surface area contributed by atoms with Crippen molar-refractivity contribution in [2.24, 2.45) is 0 Å². The number of hydrogen-bond acceptors (Lipinski definition) is 7. The van der Waals surface area contributed by atoms with Crippen molar-refractivity contribution < 1.29 is 27.5 Å². The number of amides is 2. The number of likely N-dealkylation sites (N-methyl/N-ethyl adjacent to an activating group) is 1. The van der Waals surface area contributed by atoms with Crippen LogP contribution >= 0.6 is 11.6 Å². The SMILES string of the molecule is CCOC1(c2cccnc2)C=CC(N2CCN(C(=O)c3ccc(Cl)cc3C(F)(F)F)C[C@H]2CC)=C(C(=O)NCCN(C)C)N1. The third-order valence-corrected chi connectivity index (χ3v) is 7.88. The highest BCUT2D eigenvalue weighted by molar-refractivity contribution is 6.30. The number of rotatable bonds is 10. The zero-order chi connectivity index (χ0) is 32.1. The van der Waals surface area contributed by atoms with Crippen molar-refractivity contribution in [3.63, 3.8) is 0 Å². The second kappa shape index (κ2) is 14.0. The molecule has 0 spiro atoms. The Balaban J connectivity index is 1.66. The number of ether oxygens (including phenoxy) is 1. The van der Waals surface area contributed by atoms with Crippen LogP contribution in [0.25, 0.3) is 0 Å². The molecule has 0 saturated carbocycles. The van der Waals surface area contributed by atoms with Gasteiger partial charge in [-0.15, -0.1) is 0 Å². The van der Waals surface area contributed by atoms with E-state index in [1.165, 1.54) is 11.0 Å². The smallest absolute Gasteiger partial charge is 0.363 e. The molecular weight excluding hydrogens is 597 g/mol. The van der Waals surface area contributed by atoms with E-state index in [9.17, 15) is 22.8 Å². The second-order valence-corrected chi connectivity index (χ2v) is 11.3. The molecule has 1 aromatic heterocycles. The fourth-order valence-corrected chi connectivity index (χ4v) is 5.60. The van der Waals surface area contributed by atoms with Gasteiger partial charge in [-0.3, -0.25) is 14.6 Å². The van der Waals surface area contributed by atoms with Crippen LogP contribution < -0.4 is 10.6 Å². The summed E-state index contributed by atoms with van der Waals surface area (Å²) < 4.78 is 47.5. The molecule has 4 rings (SSSR count). The number of hydrogen-bond donors (Lipinski definition) is 2. The zero-order valence-corrected chi connectivity index (χ0v) is 26.0. The fraction of sp³-hybridized carbons (Fsp3) is 0.452. The van der Waals surface area contributed by atoms with Gasteiger partial charge in [0, 0.05) is 68.4 Å². The maximum Gasteiger partial charge on any atom is 0.417 e. The molecule has 1 unspecified atom stereocenters. The van der Waals surface area contributed by atoms with Crippen molar-refractivity contribution >= 4 is 23.4 Å². The van der Waals surface area contributed by atoms with Gasteiger partial charge in [-0.05, 0) is 63.9 Å². The van der Waals surface area contributed by atoms with Gasteiger partial charge in [-0.2, -0.15) is 13.2 Å². The van der Waals surface area contributed by atoms with E-state index < -0.39 is 28.9 Å². The minimum Gasteiger partial charge on any atom is -0.363 e. The first-order chi connectivity index (χ1) is 20.9. The average molecular weight is 635 g/mol. The number of carbonyl (C=O) groups is 2. The van der Waals surface area contributed by atoms with Crippen LogP contribution in [0.2, 0.25) is 5.02 Å². The van der Waals surface area contributed by atoms with E-state index in [-0.39, 0.29) is 30.1 Å². The van der Waals surface area contributed by atoms with Crippen molar-refractivity contribution in [3.8, 4) is 0 Å². The molecule has 2 N–H and O–H groups in total. The molecule has 1 saturated heterocycles. The highest BCUT2D eigenvalue weighted by atomic mass is 35.5. The first-order valence-electron chi connectivity index (χ1n) is 14.5. The largest absolute Gasteiger partial charge is 0.417 e. The monoisotopic (exact) mass is 634 g/mol. The van der Waals surface area contributed by atoms with Crippen molar-refractivity contribution in [1.29, 1.82) is 0 Å². The number of nitrogens with zero attached hydrogens (tertiary/aromatic N) is 4. The lowest BCUT2D eigenvalue weighted by molar-refractivity contribution is -0.138. The molecule has 0 aliphatic carbocycles. The summed E-state index contributed by atoms with van der Waals surface area (Å²) in [7, 11) is 3.82. The standard InChI is InChI=1S/C31H38ClF3N6O3/c1-5-23-20-40(29(43)24-10-9-22(32)18-25(24)31(33,34)35)16-17-41(23)26-11-12-30(44-6-2,21-8-7-13-36-19-21)38-27(26)28(42)37-14-15-39(3)4/h7-13,18-19,23,38H,5-6,14-17,20H2,1-4H3,(H,37,42)/t23-,30?/m1/s1. The number of halogens is 4. The Bertz CT molecular complexity index is 1400. The third kappa shape index (κ3) is 7.36. The van der Waals surface area contributed by atoms with E-state index in [2.05, 4.69) is 15.6 Å². The fourth-order valence-electron chi connectivity index (χ4n) is 5.43. The number of benzene rings is 1. The normalized spacial score (nSPS) is 20.6. The first kappa shape index (κ1) is 33.3. The van der Waals surface area contributed by atoms with Crippen LogP contribution in [0.4, 0.5) is 13.2 Å². The molecule has 2 aromatic rings. The van der Waals surface area contributed by atoms with Crippen molar-refractivity contribution in [3.05, 3.63) is 88.0 Å². The van der Waals surface area contributed by atoms with E-state index in [4.69, 9.17) is 16.3 Å². The molecule has 0 radical (unpaired) electrons. The number of allylic oxidation sites excluding steroid dienone is 1. The van der Waals surface area contributed by atoms with Gasteiger partial charge in [0.15, 0.2) is 5.72 Å². The number of piperazine rings is 1. The molecule has 3 heterocycles. The van der Waals surface area contributed by atoms with Crippen LogP contribution in [0.1, 0.15) is 41.8 Å². The molecule has 2 aliphatic rings. The van der Waals surface area contributed by atoms with Crippen molar-refractivity contribution in [2.75, 3.05) is 53.4 Å². The first-order valence-corrected chi connectivity index (χ1v) is 14.9. The van der Waals surface area contributed by atoms with Crippen LogP contribution in [-0.4, -0.2) is 91.0 Å². The second-order valence-electron chi connectivity index (χ2n) is 10.9. The quantitative estimate of drug-likeness (QED) is 0.404. The van der Waals surface area contributed by atoms with Crippen LogP contribution in [-0.2, 0) is 21.4 Å². The summed E-state index contributed by atoms with van der Waals surface area (Å²) in [6, 6.07) is 6.56. The third-order valence-electron chi connectivity index (χ3n) is 7.64. The van der Waals surface area contributed by atoms with Gasteiger partial charge in [0.1, 0.15) is 5.70 Å². The molecule has 2 amide bonds. The highest BCUT2D eigenvalue weighted by Gasteiger charge is 2.41. The number of pyridine rings is 1. The average Bonchev–Trinajstić information content (AvgIpc) is 3.00. The molecule has 44 heavy (non-hydrogen) atoms. The van der Waals surface area contributed by atoms with E-state index in [1.807, 2.05) is 56.0 Å². The molecule has 2 atom stereocenters. The molecule has 0 bridgehead atoms. The van der Waals surface area contributed by atoms with Gasteiger partial charge in [0.2, 0.25) is 0 Å². The maximum atomic E-state index is 13.8. The van der Waals surface area contributed by atoms with Crippen molar-refractivity contribution in [1.82, 2.24) is 30.3 Å². The molecule has 1 aromatic carbocycles. The highest BCUT2D eigenvalue weighted by Crippen LogP contribution is 2.36. The minimum atomic E-state index is -4.73. The minimum absolute atomic E-state index is 0.0977. The van der Waals surface area contributed by atoms with Gasteiger partial charge >= 0.3 is 6.18 Å². The van der Waals surface area contributed by atoms with E-state index in [0.29, 0.717) is 49.6 Å². The molecule has 238 valence electrons. The Labute approximate surface area is 260 Å². The summed E-state index contributed by atoms with van der Waals surface area (Å²) in [5, 5.41) is 6.23. The number of aromatic nitrogens is 1. The predicted octanol–water partition coefficient (Wildman–Crippen LogP) is 4.23. The van der Waals surface area contributed by atoms with Crippen LogP contribution in [0.3, 0.4) is 0 Å². The zero-order valence-electron chi connectivity index (χ0n) is 25.2. The van der Waals surface area contributed by atoms with E-state index in [1.54, 1.807) is 18.5 Å². The summed E-state index contributed by atoms with van der Waals surface area (Å²) >= 11 is 5.83. The summed E-state index contributed by atoms with van der Waals surface area (Å²) in [5.41, 5.74) is -1.05. The van der Waals surface area contributed by atoms with Crippen LogP contribution in [0.5, 0.6) is 0 Å². The molecule has 9 nitrogen and oxygen atoms in total. The Hall–Kier alpha value is -3.61. The van der Waals surface area contributed by atoms with Gasteiger partial charge in [-0.25, -0.2) is 0 Å². The Morgan fingerprint density at radius 2 is 2.00 bits per heavy atom. The Morgan fingerprint density at radius 1 is 1.23 bits per heavy atom. The Morgan fingerprint density at radius 3 is 2.64 bits per heavy atom. The van der Waals surface area contributed by atoms with Gasteiger partial charge in [0.05, 0.1) is 16.8 Å². The lowest BCUT2D eigenvalue weighted by atomic mass is 9.97. The number of carbonyl (C=O) groups excluding carboxylic acids is 2. The molecule has 2 aliphatic heterocycles. The van der Waals surface area contributed by atoms with Crippen LogP contribution in [0.15, 0.2) is 66.3 Å². The number of alkyl halides is 3. The Kier molecular flexibility index (Phi) is 10.6. The molecular formula is C31H38ClF3N6O3. The van der Waals surface area contributed by atoms with Crippen LogP contribution in [0, 0.1) is 0 Å². The lowest BCUT2D eigenvalue weighted by Crippen LogP contribution is -2.56. The summed E-state index contributed by atoms with van der Waals surface area (Å²) in [4.78, 5) is 36.8. The maximum absolute atomic E-state index is 13.8. The summed E-state index contributed by atoms with van der Waals surface area (Å²) in [5.74, 6) is -1.05. The van der Waals surface area contributed by atoms with Crippen molar-refractivity contribution in [2.45, 2.75) is 38.2 Å². The van der Waals surface area contributed by atoms with Gasteiger partial charge in [0.25, 0.3) is 11.8 Å². The summed E-state index contributed by atoms with van der Waals surface area (Å²) in [6.45, 7) is 5.80.